The average molecular weight is 240 g/mol. The van der Waals surface area contributed by atoms with Crippen LogP contribution in [0.2, 0.25) is 5.15 Å². The lowest BCUT2D eigenvalue weighted by molar-refractivity contribution is 0.0988. The zero-order valence-corrected chi connectivity index (χ0v) is 9.94. The van der Waals surface area contributed by atoms with Gasteiger partial charge in [0.2, 0.25) is 0 Å². The first kappa shape index (κ1) is 10.3. The topological polar surface area (TPSA) is 38.2 Å². The maximum Gasteiger partial charge on any atom is 0.134 e. The molecule has 5 heteroatoms. The summed E-state index contributed by atoms with van der Waals surface area (Å²) in [5.41, 5.74) is 0. The normalized spacial score (nSPS) is 27.8. The van der Waals surface area contributed by atoms with Gasteiger partial charge in [0, 0.05) is 19.0 Å². The largest absolute Gasteiger partial charge is 0.374 e. The van der Waals surface area contributed by atoms with Crippen molar-refractivity contribution >= 4 is 17.4 Å². The van der Waals surface area contributed by atoms with Crippen molar-refractivity contribution in [2.75, 3.05) is 18.1 Å². The molecule has 0 saturated carbocycles. The van der Waals surface area contributed by atoms with Crippen molar-refractivity contribution in [2.24, 2.45) is 0 Å². The molecule has 1 aromatic rings. The second-order valence-corrected chi connectivity index (χ2v) is 4.70. The second-order valence-electron chi connectivity index (χ2n) is 4.32. The summed E-state index contributed by atoms with van der Waals surface area (Å²) in [5.74, 6) is 1.76. The van der Waals surface area contributed by atoms with E-state index >= 15 is 0 Å². The Morgan fingerprint density at radius 3 is 3.06 bits per heavy atom. The third-order valence-electron chi connectivity index (χ3n) is 3.24. The molecule has 0 N–H and O–H groups in total. The minimum absolute atomic E-state index is 0.379. The number of hydrogen-bond donors (Lipinski definition) is 0. The Balaban J connectivity index is 1.91. The van der Waals surface area contributed by atoms with E-state index in [1.54, 1.807) is 0 Å². The van der Waals surface area contributed by atoms with Crippen molar-refractivity contribution in [3.05, 3.63) is 17.0 Å². The van der Waals surface area contributed by atoms with Gasteiger partial charge in [0.25, 0.3) is 0 Å². The number of morpholine rings is 1. The number of fused-ring (bicyclic) bond motifs is 2. The van der Waals surface area contributed by atoms with Gasteiger partial charge in [-0.05, 0) is 6.42 Å². The molecule has 3 heterocycles. The molecule has 0 spiro atoms. The van der Waals surface area contributed by atoms with Crippen LogP contribution in [0, 0.1) is 0 Å². The molecule has 2 atom stereocenters. The second kappa shape index (κ2) is 3.86. The third-order valence-corrected chi connectivity index (χ3v) is 3.43. The summed E-state index contributed by atoms with van der Waals surface area (Å²) >= 11 is 6.00. The van der Waals surface area contributed by atoms with Gasteiger partial charge in [0.15, 0.2) is 0 Å². The first-order chi connectivity index (χ1) is 7.76. The number of anilines is 1. The molecule has 2 saturated heterocycles. The predicted octanol–water partition coefficient (Wildman–Crippen LogP) is 1.67. The van der Waals surface area contributed by atoms with Gasteiger partial charge < -0.3 is 9.64 Å². The van der Waals surface area contributed by atoms with E-state index in [1.807, 2.05) is 13.0 Å². The van der Waals surface area contributed by atoms with Gasteiger partial charge in [0.1, 0.15) is 16.8 Å². The molecule has 4 nitrogen and oxygen atoms in total. The molecule has 2 aliphatic heterocycles. The standard InChI is InChI=1S/C11H14ClN3O/c1-2-10-13-9(12)4-11(14-10)15-5-8-3-7(15)6-16-8/h4,7-8H,2-3,5-6H2,1H3/t7-,8-/m0/s1. The molecule has 1 aromatic heterocycles. The van der Waals surface area contributed by atoms with Crippen molar-refractivity contribution in [3.8, 4) is 0 Å². The van der Waals surface area contributed by atoms with Gasteiger partial charge in [-0.2, -0.15) is 0 Å². The Morgan fingerprint density at radius 1 is 1.56 bits per heavy atom. The highest BCUT2D eigenvalue weighted by molar-refractivity contribution is 6.29. The quantitative estimate of drug-likeness (QED) is 0.736. The molecule has 2 aliphatic rings. The minimum atomic E-state index is 0.379. The number of aromatic nitrogens is 2. The van der Waals surface area contributed by atoms with E-state index in [9.17, 15) is 0 Å². The Morgan fingerprint density at radius 2 is 2.44 bits per heavy atom. The van der Waals surface area contributed by atoms with E-state index in [2.05, 4.69) is 14.9 Å². The number of aryl methyl sites for hydroxylation is 1. The zero-order valence-electron chi connectivity index (χ0n) is 9.19. The third kappa shape index (κ3) is 1.66. The maximum absolute atomic E-state index is 6.00. The predicted molar refractivity (Wildman–Crippen MR) is 61.9 cm³/mol. The smallest absolute Gasteiger partial charge is 0.134 e. The minimum Gasteiger partial charge on any atom is -0.374 e. The van der Waals surface area contributed by atoms with Gasteiger partial charge in [0.05, 0.1) is 18.8 Å². The van der Waals surface area contributed by atoms with Crippen molar-refractivity contribution in [2.45, 2.75) is 31.9 Å². The van der Waals surface area contributed by atoms with Crippen molar-refractivity contribution in [3.63, 3.8) is 0 Å². The van der Waals surface area contributed by atoms with Crippen LogP contribution in [0.5, 0.6) is 0 Å². The van der Waals surface area contributed by atoms with E-state index in [-0.39, 0.29) is 0 Å². The van der Waals surface area contributed by atoms with Crippen LogP contribution in [0.4, 0.5) is 5.82 Å². The van der Waals surface area contributed by atoms with E-state index in [0.29, 0.717) is 17.3 Å². The molecule has 3 rings (SSSR count). The first-order valence-corrected chi connectivity index (χ1v) is 6.05. The lowest BCUT2D eigenvalue weighted by atomic mass is 10.2. The summed E-state index contributed by atoms with van der Waals surface area (Å²) in [6, 6.07) is 2.32. The monoisotopic (exact) mass is 239 g/mol. The van der Waals surface area contributed by atoms with Crippen LogP contribution in [0.1, 0.15) is 19.2 Å². The fourth-order valence-electron chi connectivity index (χ4n) is 2.44. The Hall–Kier alpha value is -0.870. The molecule has 86 valence electrons. The van der Waals surface area contributed by atoms with Crippen LogP contribution in [0.15, 0.2) is 6.07 Å². The molecule has 0 aliphatic carbocycles. The zero-order chi connectivity index (χ0) is 11.1. The van der Waals surface area contributed by atoms with Crippen molar-refractivity contribution in [1.29, 1.82) is 0 Å². The number of rotatable bonds is 2. The summed E-state index contributed by atoms with van der Waals surface area (Å²) in [5, 5.41) is 0.533. The summed E-state index contributed by atoms with van der Waals surface area (Å²) < 4.78 is 5.57. The van der Waals surface area contributed by atoms with Crippen LogP contribution in [0.25, 0.3) is 0 Å². The lowest BCUT2D eigenvalue weighted by Crippen LogP contribution is -2.37. The van der Waals surface area contributed by atoms with Crippen LogP contribution in [-0.4, -0.2) is 35.3 Å². The highest BCUT2D eigenvalue weighted by atomic mass is 35.5. The van der Waals surface area contributed by atoms with Crippen LogP contribution in [0.3, 0.4) is 0 Å². The van der Waals surface area contributed by atoms with Gasteiger partial charge in [-0.1, -0.05) is 18.5 Å². The van der Waals surface area contributed by atoms with Crippen molar-refractivity contribution < 1.29 is 4.74 Å². The number of hydrogen-bond acceptors (Lipinski definition) is 4. The van der Waals surface area contributed by atoms with Crippen LogP contribution in [-0.2, 0) is 11.2 Å². The highest BCUT2D eigenvalue weighted by Gasteiger charge is 2.39. The summed E-state index contributed by atoms with van der Waals surface area (Å²) in [7, 11) is 0. The Kier molecular flexibility index (Phi) is 2.48. The molecule has 0 aromatic carbocycles. The van der Waals surface area contributed by atoms with E-state index in [4.69, 9.17) is 16.3 Å². The first-order valence-electron chi connectivity index (χ1n) is 5.68. The molecule has 0 unspecified atom stereocenters. The molecule has 16 heavy (non-hydrogen) atoms. The number of ether oxygens (including phenoxy) is 1. The molecular weight excluding hydrogens is 226 g/mol. The van der Waals surface area contributed by atoms with E-state index < -0.39 is 0 Å². The lowest BCUT2D eigenvalue weighted by Gasteiger charge is -2.28. The van der Waals surface area contributed by atoms with E-state index in [1.165, 1.54) is 0 Å². The molecule has 2 bridgehead atoms. The fourth-order valence-corrected chi connectivity index (χ4v) is 2.63. The summed E-state index contributed by atoms with van der Waals surface area (Å²) in [6.45, 7) is 3.78. The van der Waals surface area contributed by atoms with Crippen molar-refractivity contribution in [1.82, 2.24) is 9.97 Å². The van der Waals surface area contributed by atoms with Gasteiger partial charge in [-0.25, -0.2) is 9.97 Å². The number of nitrogens with zero attached hydrogens (tertiary/aromatic N) is 3. The van der Waals surface area contributed by atoms with Crippen LogP contribution >= 0.6 is 11.6 Å². The fraction of sp³-hybridized carbons (Fsp3) is 0.636. The molecule has 0 radical (unpaired) electrons. The Labute approximate surface area is 99.6 Å². The maximum atomic E-state index is 6.00. The Bertz CT molecular complexity index is 412. The number of halogens is 1. The van der Waals surface area contributed by atoms with E-state index in [0.717, 1.165) is 37.6 Å². The summed E-state index contributed by atoms with van der Waals surface area (Å²) in [4.78, 5) is 11.0. The van der Waals surface area contributed by atoms with Crippen LogP contribution < -0.4 is 4.90 Å². The molecular formula is C11H14ClN3O. The molecule has 2 fully saturated rings. The van der Waals surface area contributed by atoms with Gasteiger partial charge in [-0.15, -0.1) is 0 Å². The average Bonchev–Trinajstić information content (AvgIpc) is 2.89. The summed E-state index contributed by atoms with van der Waals surface area (Å²) in [6.07, 6.45) is 2.30. The van der Waals surface area contributed by atoms with Gasteiger partial charge >= 0.3 is 0 Å². The SMILES string of the molecule is CCc1nc(Cl)cc(N2C[C@@H]3C[C@H]2CO3)n1. The van der Waals surface area contributed by atoms with Gasteiger partial charge in [-0.3, -0.25) is 0 Å². The highest BCUT2D eigenvalue weighted by Crippen LogP contribution is 2.32. The molecule has 0 amide bonds.